The normalized spacial score (nSPS) is 14.7. The first kappa shape index (κ1) is 81.8. The van der Waals surface area contributed by atoms with E-state index in [1.54, 1.807) is 68.5 Å². The molecule has 0 saturated heterocycles. The highest BCUT2D eigenvalue weighted by atomic mass is 28.6. The largest absolute Gasteiger partial charge is 0.672 e. The van der Waals surface area contributed by atoms with Gasteiger partial charge in [0.15, 0.2) is 0 Å². The Morgan fingerprint density at radius 2 is 0.222 bits per heavy atom. The highest BCUT2D eigenvalue weighted by Crippen LogP contribution is 2.39. The van der Waals surface area contributed by atoms with E-state index >= 15 is 0 Å². The Morgan fingerprint density at radius 1 is 0.136 bits per heavy atom. The van der Waals surface area contributed by atoms with Crippen LogP contribution >= 0.6 is 0 Å². The third-order valence-corrected chi connectivity index (χ3v) is 37.3. The van der Waals surface area contributed by atoms with Gasteiger partial charge >= 0.3 is 71.9 Å². The Morgan fingerprint density at radius 3 is 0.321 bits per heavy atom. The molecule has 0 heterocycles. The highest BCUT2D eigenvalue weighted by molar-refractivity contribution is 6.86. The van der Waals surface area contributed by atoms with E-state index in [0.29, 0.717) is 0 Å². The van der Waals surface area contributed by atoms with Crippen molar-refractivity contribution in [2.45, 2.75) is 332 Å². The van der Waals surface area contributed by atoms with Gasteiger partial charge in [-0.15, -0.1) is 0 Å². The lowest BCUT2D eigenvalue weighted by Crippen LogP contribution is -2.75. The molecule has 31 heteroatoms. The van der Waals surface area contributed by atoms with Crippen molar-refractivity contribution in [2.24, 2.45) is 0 Å². The van der Waals surface area contributed by atoms with Gasteiger partial charge in [-0.05, 0) is 222 Å². The van der Waals surface area contributed by atoms with Gasteiger partial charge in [0.25, 0.3) is 0 Å². The summed E-state index contributed by atoms with van der Waals surface area (Å²) in [6.45, 7) is 61.8. The first-order valence-electron chi connectivity index (χ1n) is 29.4. The second-order valence-corrected chi connectivity index (χ2v) is 43.0. The van der Waals surface area contributed by atoms with Crippen molar-refractivity contribution in [1.29, 1.82) is 0 Å². The zero-order valence-electron chi connectivity index (χ0n) is 56.6. The maximum atomic E-state index is 7.56. The molecule has 0 unspecified atom stereocenters. The van der Waals surface area contributed by atoms with Crippen LogP contribution in [-0.2, 0) is 99.6 Å². The van der Waals surface area contributed by atoms with Crippen LogP contribution in [-0.4, -0.2) is 170 Å². The van der Waals surface area contributed by atoms with Crippen LogP contribution in [0.15, 0.2) is 0 Å². The summed E-state index contributed by atoms with van der Waals surface area (Å²) in [5, 5.41) is 0. The van der Waals surface area contributed by atoms with Gasteiger partial charge in [0.2, 0.25) is 0 Å². The summed E-state index contributed by atoms with van der Waals surface area (Å²) in [4.78, 5) is 0. The predicted octanol–water partition coefficient (Wildman–Crippen LogP) is 11.7. The fourth-order valence-corrected chi connectivity index (χ4v) is 37.5. The summed E-state index contributed by atoms with van der Waals surface area (Å²) < 4.78 is 160. The molecule has 0 aliphatic heterocycles. The van der Waals surface area contributed by atoms with Gasteiger partial charge in [-0.2, -0.15) is 0 Å². The molecule has 0 saturated carbocycles. The standard InChI is InChI=1S/C50H118O23Si8/c1-35(2)51-76(52-36(3)4,53-37(5)6)67-74(33,68-77(54-38(7)8,55-39(9)10)56-40(11)12)71-80(63-47(25)26,64-48(27)28)73-81(65-49(29)30,66-50(31)32)72-75(34,69-78(57-41(13)14,58-42(15)16)59-43(17)18)70-79(60-44(19)20,61-45(21)22)62-46(23)24/h35-50H,1-34H3. The van der Waals surface area contributed by atoms with Crippen LogP contribution in [0, 0.1) is 0 Å². The maximum absolute atomic E-state index is 7.56. The average Bonchev–Trinajstić information content (AvgIpc) is 3.11. The van der Waals surface area contributed by atoms with Gasteiger partial charge in [0.1, 0.15) is 0 Å². The van der Waals surface area contributed by atoms with Crippen molar-refractivity contribution in [2.75, 3.05) is 0 Å². The van der Waals surface area contributed by atoms with E-state index < -0.39 is 170 Å². The average molecular weight is 1310 g/mol. The number of hydrogen-bond donors (Lipinski definition) is 0. The molecule has 0 aromatic rings. The monoisotopic (exact) mass is 1310 g/mol. The van der Waals surface area contributed by atoms with Crippen molar-refractivity contribution in [3.05, 3.63) is 0 Å². The van der Waals surface area contributed by atoms with Crippen LogP contribution in [0.25, 0.3) is 0 Å². The van der Waals surface area contributed by atoms with E-state index in [1.807, 2.05) is 166 Å². The van der Waals surface area contributed by atoms with Crippen molar-refractivity contribution < 1.29 is 99.6 Å². The summed E-state index contributed by atoms with van der Waals surface area (Å²) in [5.74, 6) is 0. The summed E-state index contributed by atoms with van der Waals surface area (Å²) in [6, 6.07) is 0. The molecule has 488 valence electrons. The molecular weight excluding hydrogens is 1190 g/mol. The summed E-state index contributed by atoms with van der Waals surface area (Å²) in [5.41, 5.74) is 0. The Bertz CT molecular complexity index is 1370. The topological polar surface area (TPSA) is 212 Å². The molecule has 0 rings (SSSR count). The first-order valence-corrected chi connectivity index (χ1v) is 43.6. The van der Waals surface area contributed by atoms with Gasteiger partial charge in [-0.1, -0.05) is 0 Å². The fraction of sp³-hybridized carbons (Fsp3) is 1.00. The number of hydrogen-bond acceptors (Lipinski definition) is 23. The lowest BCUT2D eigenvalue weighted by atomic mass is 10.5. The zero-order valence-corrected chi connectivity index (χ0v) is 64.6. The smallest absolute Gasteiger partial charge is 0.350 e. The molecule has 0 bridgehead atoms. The molecule has 0 N–H and O–H groups in total. The minimum atomic E-state index is -5.18. The highest BCUT2D eigenvalue weighted by Gasteiger charge is 2.73. The Kier molecular flexibility index (Phi) is 36.2. The van der Waals surface area contributed by atoms with Crippen LogP contribution in [0.1, 0.15) is 222 Å². The Labute approximate surface area is 501 Å². The summed E-state index contributed by atoms with van der Waals surface area (Å²) in [7, 11) is -38.0. The zero-order chi connectivity index (χ0) is 63.5. The van der Waals surface area contributed by atoms with Crippen molar-refractivity contribution in [3.63, 3.8) is 0 Å². The third kappa shape index (κ3) is 33.3. The molecule has 0 spiro atoms. The molecular formula is C50H118O23Si8. The fourth-order valence-electron chi connectivity index (χ4n) is 7.17. The van der Waals surface area contributed by atoms with E-state index in [4.69, 9.17) is 99.6 Å². The Hall–Kier alpha value is 0.815. The molecule has 0 aliphatic rings. The number of rotatable bonds is 46. The minimum absolute atomic E-state index is 0.503. The minimum Gasteiger partial charge on any atom is -0.350 e. The lowest BCUT2D eigenvalue weighted by Gasteiger charge is -2.47. The van der Waals surface area contributed by atoms with Crippen LogP contribution < -0.4 is 0 Å². The van der Waals surface area contributed by atoms with Crippen LogP contribution in [0.3, 0.4) is 0 Å². The van der Waals surface area contributed by atoms with E-state index in [2.05, 4.69) is 0 Å². The second-order valence-electron chi connectivity index (χ2n) is 24.1. The van der Waals surface area contributed by atoms with Crippen molar-refractivity contribution >= 4 is 71.9 Å². The molecule has 0 aliphatic carbocycles. The van der Waals surface area contributed by atoms with Gasteiger partial charge in [-0.3, -0.25) is 0 Å². The molecule has 81 heavy (non-hydrogen) atoms. The molecule has 0 amide bonds. The quantitative estimate of drug-likeness (QED) is 0.0518. The predicted molar refractivity (Wildman–Crippen MR) is 325 cm³/mol. The SMILES string of the molecule is CC(C)O[Si](OC(C)C)(OC(C)C)O[Si](C)(O[Si](OC(C)C)(OC(C)C)OC(C)C)O[Si](OC(C)C)(OC(C)C)O[Si](OC(C)C)(OC(C)C)O[Si](C)(O[Si](OC(C)C)(OC(C)C)OC(C)C)O[Si](OC(C)C)(OC(C)C)OC(C)C. The lowest BCUT2D eigenvalue weighted by molar-refractivity contribution is -0.101. The first-order chi connectivity index (χ1) is 36.6. The molecule has 0 atom stereocenters. The third-order valence-electron chi connectivity index (χ3n) is 8.19. The maximum Gasteiger partial charge on any atom is 0.672 e. The summed E-state index contributed by atoms with van der Waals surface area (Å²) >= 11 is 0. The van der Waals surface area contributed by atoms with Gasteiger partial charge in [0.05, 0.1) is 0 Å². The van der Waals surface area contributed by atoms with Crippen LogP contribution in [0.2, 0.25) is 13.1 Å². The van der Waals surface area contributed by atoms with E-state index in [9.17, 15) is 0 Å². The Balaban J connectivity index is 9.97. The van der Waals surface area contributed by atoms with Crippen molar-refractivity contribution in [1.82, 2.24) is 0 Å². The van der Waals surface area contributed by atoms with E-state index in [0.717, 1.165) is 0 Å². The van der Waals surface area contributed by atoms with E-state index in [-0.39, 0.29) is 0 Å². The van der Waals surface area contributed by atoms with Crippen LogP contribution in [0.5, 0.6) is 0 Å². The summed E-state index contributed by atoms with van der Waals surface area (Å²) in [6.07, 6.45) is -8.90. The molecule has 0 radical (unpaired) electrons. The second kappa shape index (κ2) is 35.9. The van der Waals surface area contributed by atoms with E-state index in [1.165, 1.54) is 0 Å². The van der Waals surface area contributed by atoms with Crippen LogP contribution in [0.4, 0.5) is 0 Å². The molecule has 0 fully saturated rings. The van der Waals surface area contributed by atoms with Gasteiger partial charge < -0.3 is 99.6 Å². The van der Waals surface area contributed by atoms with Gasteiger partial charge in [0, 0.05) is 111 Å². The molecule has 23 nitrogen and oxygen atoms in total. The molecule has 0 aromatic heterocycles. The van der Waals surface area contributed by atoms with Gasteiger partial charge in [-0.25, -0.2) is 0 Å². The molecule has 0 aromatic carbocycles. The van der Waals surface area contributed by atoms with Crippen molar-refractivity contribution in [3.8, 4) is 0 Å².